The lowest BCUT2D eigenvalue weighted by atomic mass is 10.2. The van der Waals surface area contributed by atoms with Crippen molar-refractivity contribution in [2.45, 2.75) is 39.8 Å². The molecule has 0 amide bonds. The van der Waals surface area contributed by atoms with Crippen molar-refractivity contribution in [3.8, 4) is 5.75 Å². The number of hydrogen-bond donors (Lipinski definition) is 2. The number of methoxy groups -OCH3 is 1. The Morgan fingerprint density at radius 2 is 2.12 bits per heavy atom. The highest BCUT2D eigenvalue weighted by Crippen LogP contribution is 2.23. The number of halogens is 2. The molecule has 0 fully saturated rings. The van der Waals surface area contributed by atoms with Crippen molar-refractivity contribution in [1.82, 2.24) is 15.6 Å². The molecule has 0 aliphatic rings. The average Bonchev–Trinajstić information content (AvgIpc) is 3.07. The lowest BCUT2D eigenvalue weighted by Crippen LogP contribution is -2.36. The van der Waals surface area contributed by atoms with E-state index in [4.69, 9.17) is 4.74 Å². The van der Waals surface area contributed by atoms with E-state index in [0.29, 0.717) is 19.0 Å². The molecule has 144 valence electrons. The Labute approximate surface area is 185 Å². The number of nitrogens with zero attached hydrogens (tertiary/aromatic N) is 2. The molecule has 0 saturated carbocycles. The molecule has 8 heteroatoms. The molecule has 0 saturated heterocycles. The standard InChI is InChI=1S/C18H25BrN4OS.HI/c1-5-20-18(22-10-17-23-15(11-25-17)12(2)3)21-9-13-8-14(19)6-7-16(13)24-4;/h6-8,11-12H,5,9-10H2,1-4H3,(H2,20,21,22);1H. The summed E-state index contributed by atoms with van der Waals surface area (Å²) in [4.78, 5) is 9.31. The first-order valence-electron chi connectivity index (χ1n) is 8.32. The van der Waals surface area contributed by atoms with Crippen LogP contribution in [0.25, 0.3) is 0 Å². The van der Waals surface area contributed by atoms with Crippen molar-refractivity contribution in [1.29, 1.82) is 0 Å². The van der Waals surface area contributed by atoms with Gasteiger partial charge in [-0.25, -0.2) is 9.98 Å². The van der Waals surface area contributed by atoms with Crippen LogP contribution in [0.3, 0.4) is 0 Å². The highest BCUT2D eigenvalue weighted by molar-refractivity contribution is 14.0. The zero-order valence-electron chi connectivity index (χ0n) is 15.5. The van der Waals surface area contributed by atoms with E-state index < -0.39 is 0 Å². The minimum Gasteiger partial charge on any atom is -0.496 e. The van der Waals surface area contributed by atoms with E-state index in [2.05, 4.69) is 62.7 Å². The van der Waals surface area contributed by atoms with Gasteiger partial charge in [-0.2, -0.15) is 0 Å². The molecular formula is C18H26BrIN4OS. The van der Waals surface area contributed by atoms with Crippen molar-refractivity contribution in [2.75, 3.05) is 13.7 Å². The summed E-state index contributed by atoms with van der Waals surface area (Å²) in [5.41, 5.74) is 2.17. The van der Waals surface area contributed by atoms with Crippen molar-refractivity contribution in [2.24, 2.45) is 4.99 Å². The Hall–Kier alpha value is -0.870. The number of benzene rings is 1. The van der Waals surface area contributed by atoms with Gasteiger partial charge in [-0.05, 0) is 31.0 Å². The first kappa shape index (κ1) is 23.2. The quantitative estimate of drug-likeness (QED) is 0.291. The van der Waals surface area contributed by atoms with Crippen LogP contribution < -0.4 is 15.4 Å². The number of aliphatic imine (C=N–C) groups is 1. The largest absolute Gasteiger partial charge is 0.496 e. The summed E-state index contributed by atoms with van der Waals surface area (Å²) in [5.74, 6) is 2.06. The topological polar surface area (TPSA) is 58.5 Å². The molecule has 0 bridgehead atoms. The van der Waals surface area contributed by atoms with Gasteiger partial charge in [-0.3, -0.25) is 0 Å². The summed E-state index contributed by atoms with van der Waals surface area (Å²) in [6, 6.07) is 5.93. The predicted octanol–water partition coefficient (Wildman–Crippen LogP) is 4.91. The van der Waals surface area contributed by atoms with Gasteiger partial charge in [0.1, 0.15) is 10.8 Å². The summed E-state index contributed by atoms with van der Waals surface area (Å²) < 4.78 is 6.42. The Morgan fingerprint density at radius 1 is 1.35 bits per heavy atom. The van der Waals surface area contributed by atoms with Gasteiger partial charge in [0.25, 0.3) is 0 Å². The van der Waals surface area contributed by atoms with Gasteiger partial charge in [-0.1, -0.05) is 29.8 Å². The highest BCUT2D eigenvalue weighted by Gasteiger charge is 2.07. The monoisotopic (exact) mass is 552 g/mol. The lowest BCUT2D eigenvalue weighted by Gasteiger charge is -2.11. The van der Waals surface area contributed by atoms with Gasteiger partial charge in [0.2, 0.25) is 0 Å². The maximum absolute atomic E-state index is 5.41. The van der Waals surface area contributed by atoms with Crippen molar-refractivity contribution < 1.29 is 4.74 Å². The van der Waals surface area contributed by atoms with Gasteiger partial charge in [0.15, 0.2) is 5.96 Å². The Bertz CT molecular complexity index is 721. The number of rotatable bonds is 7. The molecule has 0 spiro atoms. The number of aromatic nitrogens is 1. The Balaban J connectivity index is 0.00000338. The summed E-state index contributed by atoms with van der Waals surface area (Å²) in [5, 5.41) is 9.80. The molecule has 2 aromatic rings. The number of hydrogen-bond acceptors (Lipinski definition) is 4. The number of nitrogens with one attached hydrogen (secondary N) is 2. The molecule has 5 nitrogen and oxygen atoms in total. The SMILES string of the molecule is CCNC(=NCc1cc(Br)ccc1OC)NCc1nc(C(C)C)cs1.I. The minimum atomic E-state index is 0. The molecule has 1 aromatic carbocycles. The highest BCUT2D eigenvalue weighted by atomic mass is 127. The molecule has 0 aliphatic carbocycles. The van der Waals surface area contributed by atoms with E-state index >= 15 is 0 Å². The fourth-order valence-electron chi connectivity index (χ4n) is 2.21. The van der Waals surface area contributed by atoms with Crippen LogP contribution in [-0.4, -0.2) is 24.6 Å². The third-order valence-corrected chi connectivity index (χ3v) is 4.92. The maximum Gasteiger partial charge on any atom is 0.191 e. The second-order valence-corrected chi connectivity index (χ2v) is 7.68. The van der Waals surface area contributed by atoms with Gasteiger partial charge in [-0.15, -0.1) is 35.3 Å². The van der Waals surface area contributed by atoms with Crippen LogP contribution in [0.2, 0.25) is 0 Å². The Morgan fingerprint density at radius 3 is 2.73 bits per heavy atom. The first-order chi connectivity index (χ1) is 12.0. The molecule has 0 atom stereocenters. The van der Waals surface area contributed by atoms with E-state index in [1.54, 1.807) is 18.4 Å². The minimum absolute atomic E-state index is 0. The normalized spacial score (nSPS) is 11.2. The fraction of sp³-hybridized carbons (Fsp3) is 0.444. The molecule has 26 heavy (non-hydrogen) atoms. The smallest absolute Gasteiger partial charge is 0.191 e. The van der Waals surface area contributed by atoms with Crippen LogP contribution in [0.5, 0.6) is 5.75 Å². The Kier molecular flexibility index (Phi) is 10.5. The van der Waals surface area contributed by atoms with Crippen molar-refractivity contribution in [3.05, 3.63) is 44.3 Å². The second kappa shape index (κ2) is 11.8. The number of ether oxygens (including phenoxy) is 1. The second-order valence-electron chi connectivity index (χ2n) is 5.83. The summed E-state index contributed by atoms with van der Waals surface area (Å²) in [7, 11) is 1.68. The summed E-state index contributed by atoms with van der Waals surface area (Å²) >= 11 is 5.17. The van der Waals surface area contributed by atoms with Crippen LogP contribution in [0.1, 0.15) is 43.0 Å². The van der Waals surface area contributed by atoms with E-state index in [0.717, 1.165) is 39.0 Å². The maximum atomic E-state index is 5.41. The van der Waals surface area contributed by atoms with Gasteiger partial charge in [0, 0.05) is 22.0 Å². The van der Waals surface area contributed by atoms with Crippen LogP contribution in [0.15, 0.2) is 33.0 Å². The molecule has 1 heterocycles. The molecule has 2 rings (SSSR count). The van der Waals surface area contributed by atoms with E-state index in [-0.39, 0.29) is 24.0 Å². The third kappa shape index (κ3) is 7.03. The van der Waals surface area contributed by atoms with Crippen molar-refractivity contribution in [3.63, 3.8) is 0 Å². The van der Waals surface area contributed by atoms with Crippen LogP contribution >= 0.6 is 51.2 Å². The summed E-state index contributed by atoms with van der Waals surface area (Å²) in [6.07, 6.45) is 0. The van der Waals surface area contributed by atoms with Crippen LogP contribution in [0.4, 0.5) is 0 Å². The van der Waals surface area contributed by atoms with E-state index in [1.807, 2.05) is 18.2 Å². The summed E-state index contributed by atoms with van der Waals surface area (Å²) in [6.45, 7) is 8.37. The van der Waals surface area contributed by atoms with Crippen LogP contribution in [0, 0.1) is 0 Å². The third-order valence-electron chi connectivity index (χ3n) is 3.56. The molecule has 0 unspecified atom stereocenters. The van der Waals surface area contributed by atoms with E-state index in [9.17, 15) is 0 Å². The molecule has 2 N–H and O–H groups in total. The average molecular weight is 553 g/mol. The van der Waals surface area contributed by atoms with Crippen molar-refractivity contribution >= 4 is 57.2 Å². The van der Waals surface area contributed by atoms with Gasteiger partial charge < -0.3 is 15.4 Å². The van der Waals surface area contributed by atoms with Crippen LogP contribution in [-0.2, 0) is 13.1 Å². The first-order valence-corrected chi connectivity index (χ1v) is 9.99. The molecule has 0 radical (unpaired) electrons. The van der Waals surface area contributed by atoms with Gasteiger partial charge >= 0.3 is 0 Å². The molecule has 1 aromatic heterocycles. The zero-order chi connectivity index (χ0) is 18.2. The molecular weight excluding hydrogens is 527 g/mol. The number of thiazole rings is 1. The molecule has 0 aliphatic heterocycles. The number of guanidine groups is 1. The van der Waals surface area contributed by atoms with E-state index in [1.165, 1.54) is 0 Å². The zero-order valence-corrected chi connectivity index (χ0v) is 20.2. The van der Waals surface area contributed by atoms with Gasteiger partial charge in [0.05, 0.1) is 25.9 Å². The fourth-order valence-corrected chi connectivity index (χ4v) is 3.51. The lowest BCUT2D eigenvalue weighted by molar-refractivity contribution is 0.409. The predicted molar refractivity (Wildman–Crippen MR) is 124 cm³/mol.